The minimum absolute atomic E-state index is 0.193. The van der Waals surface area contributed by atoms with Crippen LogP contribution in [0.1, 0.15) is 19.9 Å². The number of phenols is 1. The molecule has 6 heteroatoms. The van der Waals surface area contributed by atoms with Crippen LogP contribution < -0.4 is 0 Å². The number of aromatic amines is 1. The number of aromatic nitrogens is 4. The molecule has 0 amide bonds. The molecule has 0 saturated carbocycles. The Hall–Kier alpha value is -2.60. The van der Waals surface area contributed by atoms with Crippen LogP contribution >= 0.6 is 15.9 Å². The zero-order valence-electron chi connectivity index (χ0n) is 13.9. The topological polar surface area (TPSA) is 66.7 Å². The van der Waals surface area contributed by atoms with Crippen LogP contribution in [-0.2, 0) is 0 Å². The SMILES string of the molecule is CC(C)n1nc(-c2cc(-c3cc(Br)ccc3O)n[nH]2)c2ccccc21. The van der Waals surface area contributed by atoms with Crippen LogP contribution in [0.4, 0.5) is 0 Å². The second-order valence-corrected chi connectivity index (χ2v) is 7.15. The maximum atomic E-state index is 10.1. The zero-order valence-corrected chi connectivity index (χ0v) is 15.4. The number of para-hydroxylation sites is 1. The molecule has 4 rings (SSSR count). The molecule has 0 aliphatic heterocycles. The third kappa shape index (κ3) is 2.72. The number of hydrogen-bond donors (Lipinski definition) is 2. The molecule has 0 atom stereocenters. The lowest BCUT2D eigenvalue weighted by Crippen LogP contribution is -2.02. The van der Waals surface area contributed by atoms with Gasteiger partial charge in [0.05, 0.1) is 16.9 Å². The van der Waals surface area contributed by atoms with Crippen molar-refractivity contribution in [2.45, 2.75) is 19.9 Å². The third-order valence-electron chi connectivity index (χ3n) is 4.17. The molecule has 2 heterocycles. The summed E-state index contributed by atoms with van der Waals surface area (Å²) >= 11 is 3.43. The Kier molecular flexibility index (Phi) is 3.84. The van der Waals surface area contributed by atoms with Gasteiger partial charge in [0, 0.05) is 21.5 Å². The molecule has 0 unspecified atom stereocenters. The van der Waals surface area contributed by atoms with Crippen molar-refractivity contribution in [3.05, 3.63) is 53.0 Å². The molecular weight excluding hydrogens is 380 g/mol. The molecule has 4 aromatic rings. The first kappa shape index (κ1) is 15.9. The molecule has 5 nitrogen and oxygen atoms in total. The summed E-state index contributed by atoms with van der Waals surface area (Å²) < 4.78 is 2.90. The van der Waals surface area contributed by atoms with Crippen LogP contribution in [0.15, 0.2) is 53.0 Å². The van der Waals surface area contributed by atoms with Gasteiger partial charge in [-0.1, -0.05) is 34.1 Å². The molecule has 0 radical (unpaired) electrons. The fourth-order valence-electron chi connectivity index (χ4n) is 2.98. The first-order valence-corrected chi connectivity index (χ1v) is 8.86. The van der Waals surface area contributed by atoms with Gasteiger partial charge in [-0.15, -0.1) is 0 Å². The Bertz CT molecular complexity index is 1060. The quantitative estimate of drug-likeness (QED) is 0.503. The van der Waals surface area contributed by atoms with Gasteiger partial charge in [0.2, 0.25) is 0 Å². The Morgan fingerprint density at radius 3 is 2.72 bits per heavy atom. The molecule has 2 aromatic heterocycles. The van der Waals surface area contributed by atoms with E-state index >= 15 is 0 Å². The highest BCUT2D eigenvalue weighted by atomic mass is 79.9. The normalized spacial score (nSPS) is 11.5. The molecule has 25 heavy (non-hydrogen) atoms. The monoisotopic (exact) mass is 396 g/mol. The zero-order chi connectivity index (χ0) is 17.6. The number of hydrogen-bond acceptors (Lipinski definition) is 3. The van der Waals surface area contributed by atoms with Gasteiger partial charge in [-0.25, -0.2) is 0 Å². The lowest BCUT2D eigenvalue weighted by molar-refractivity contribution is 0.477. The first-order chi connectivity index (χ1) is 12.0. The van der Waals surface area contributed by atoms with Crippen LogP contribution in [0, 0.1) is 0 Å². The van der Waals surface area contributed by atoms with Crippen molar-refractivity contribution in [1.82, 2.24) is 20.0 Å². The summed E-state index contributed by atoms with van der Waals surface area (Å²) in [4.78, 5) is 0. The predicted molar refractivity (Wildman–Crippen MR) is 103 cm³/mol. The van der Waals surface area contributed by atoms with Crippen molar-refractivity contribution in [3.8, 4) is 28.4 Å². The van der Waals surface area contributed by atoms with Crippen molar-refractivity contribution in [2.24, 2.45) is 0 Å². The van der Waals surface area contributed by atoms with Crippen molar-refractivity contribution in [3.63, 3.8) is 0 Å². The Balaban J connectivity index is 1.86. The standard InChI is InChI=1S/C19H17BrN4O/c1-11(2)24-17-6-4-3-5-13(17)19(23-24)16-10-15(21-22-16)14-9-12(20)7-8-18(14)25/h3-11,25H,1-2H3,(H,21,22). The third-order valence-corrected chi connectivity index (χ3v) is 4.66. The molecule has 0 saturated heterocycles. The average molecular weight is 397 g/mol. The number of aromatic hydroxyl groups is 1. The van der Waals surface area contributed by atoms with Gasteiger partial charge in [-0.05, 0) is 44.2 Å². The van der Waals surface area contributed by atoms with Crippen molar-refractivity contribution in [2.75, 3.05) is 0 Å². The van der Waals surface area contributed by atoms with Crippen molar-refractivity contribution in [1.29, 1.82) is 0 Å². The Morgan fingerprint density at radius 2 is 1.92 bits per heavy atom. The summed E-state index contributed by atoms with van der Waals surface area (Å²) in [5, 5.41) is 23.4. The molecule has 126 valence electrons. The number of phenolic OH excluding ortho intramolecular Hbond substituents is 1. The van der Waals surface area contributed by atoms with E-state index in [-0.39, 0.29) is 11.8 Å². The lowest BCUT2D eigenvalue weighted by atomic mass is 10.1. The van der Waals surface area contributed by atoms with Crippen LogP contribution in [-0.4, -0.2) is 25.1 Å². The number of nitrogens with zero attached hydrogens (tertiary/aromatic N) is 3. The average Bonchev–Trinajstić information content (AvgIpc) is 3.21. The number of nitrogens with one attached hydrogen (secondary N) is 1. The summed E-state index contributed by atoms with van der Waals surface area (Å²) in [5.41, 5.74) is 4.12. The van der Waals surface area contributed by atoms with Gasteiger partial charge in [0.15, 0.2) is 0 Å². The van der Waals surface area contributed by atoms with E-state index in [0.29, 0.717) is 11.3 Å². The molecule has 2 N–H and O–H groups in total. The maximum absolute atomic E-state index is 10.1. The Morgan fingerprint density at radius 1 is 1.12 bits per heavy atom. The number of fused-ring (bicyclic) bond motifs is 1. The largest absolute Gasteiger partial charge is 0.507 e. The number of H-pyrrole nitrogens is 1. The van der Waals surface area contributed by atoms with Crippen LogP contribution in [0.2, 0.25) is 0 Å². The molecule has 0 fully saturated rings. The molecule has 0 spiro atoms. The Labute approximate surface area is 153 Å². The smallest absolute Gasteiger partial charge is 0.125 e. The van der Waals surface area contributed by atoms with Gasteiger partial charge in [0.25, 0.3) is 0 Å². The van der Waals surface area contributed by atoms with Gasteiger partial charge in [-0.2, -0.15) is 10.2 Å². The molecule has 0 aliphatic rings. The van der Waals surface area contributed by atoms with E-state index in [2.05, 4.69) is 52.1 Å². The summed E-state index contributed by atoms with van der Waals surface area (Å²) in [6.45, 7) is 4.22. The second-order valence-electron chi connectivity index (χ2n) is 6.23. The number of benzene rings is 2. The minimum atomic E-state index is 0.193. The van der Waals surface area contributed by atoms with E-state index in [1.807, 2.05) is 28.9 Å². The summed E-state index contributed by atoms with van der Waals surface area (Å²) in [6, 6.07) is 15.6. The highest BCUT2D eigenvalue weighted by Gasteiger charge is 2.17. The van der Waals surface area contributed by atoms with E-state index < -0.39 is 0 Å². The van der Waals surface area contributed by atoms with E-state index in [9.17, 15) is 5.11 Å². The minimum Gasteiger partial charge on any atom is -0.507 e. The molecule has 0 aliphatic carbocycles. The lowest BCUT2D eigenvalue weighted by Gasteiger charge is -2.05. The highest BCUT2D eigenvalue weighted by Crippen LogP contribution is 2.34. The van der Waals surface area contributed by atoms with Crippen molar-refractivity contribution >= 4 is 26.8 Å². The van der Waals surface area contributed by atoms with E-state index in [1.54, 1.807) is 12.1 Å². The maximum Gasteiger partial charge on any atom is 0.125 e. The molecular formula is C19H17BrN4O. The number of rotatable bonds is 3. The molecule has 2 aromatic carbocycles. The van der Waals surface area contributed by atoms with Gasteiger partial charge in [0.1, 0.15) is 11.4 Å². The van der Waals surface area contributed by atoms with E-state index in [1.165, 1.54) is 0 Å². The predicted octanol–water partition coefficient (Wildman–Crippen LogP) is 5.14. The summed E-state index contributed by atoms with van der Waals surface area (Å²) in [5.74, 6) is 0.193. The number of halogens is 1. The van der Waals surface area contributed by atoms with Crippen LogP contribution in [0.25, 0.3) is 33.5 Å². The van der Waals surface area contributed by atoms with E-state index in [4.69, 9.17) is 5.10 Å². The van der Waals surface area contributed by atoms with E-state index in [0.717, 1.165) is 26.8 Å². The van der Waals surface area contributed by atoms with Gasteiger partial charge < -0.3 is 5.11 Å². The van der Waals surface area contributed by atoms with Crippen molar-refractivity contribution < 1.29 is 5.11 Å². The van der Waals surface area contributed by atoms with Gasteiger partial charge in [-0.3, -0.25) is 9.78 Å². The summed E-state index contributed by atoms with van der Waals surface area (Å²) in [6.07, 6.45) is 0. The highest BCUT2D eigenvalue weighted by molar-refractivity contribution is 9.10. The molecule has 0 bridgehead atoms. The fourth-order valence-corrected chi connectivity index (χ4v) is 3.34. The fraction of sp³-hybridized carbons (Fsp3) is 0.158. The summed E-state index contributed by atoms with van der Waals surface area (Å²) in [7, 11) is 0. The first-order valence-electron chi connectivity index (χ1n) is 8.06. The van der Waals surface area contributed by atoms with Crippen LogP contribution in [0.5, 0.6) is 5.75 Å². The second kappa shape index (κ2) is 6.04. The van der Waals surface area contributed by atoms with Crippen LogP contribution in [0.3, 0.4) is 0 Å². The van der Waals surface area contributed by atoms with Gasteiger partial charge >= 0.3 is 0 Å².